The van der Waals surface area contributed by atoms with E-state index in [-0.39, 0.29) is 0 Å². The van der Waals surface area contributed by atoms with Crippen LogP contribution in [0.1, 0.15) is 26.7 Å². The minimum Gasteiger partial charge on any atom is -0.367 e. The van der Waals surface area contributed by atoms with Crippen LogP contribution in [0.25, 0.3) is 0 Å². The van der Waals surface area contributed by atoms with E-state index in [0.717, 1.165) is 11.6 Å². The average molecular weight is 200 g/mol. The Morgan fingerprint density at radius 3 is 2.77 bits per heavy atom. The lowest BCUT2D eigenvalue weighted by molar-refractivity contribution is 0.615. The van der Waals surface area contributed by atoms with Gasteiger partial charge in [0.1, 0.15) is 0 Å². The molecule has 0 spiro atoms. The van der Waals surface area contributed by atoms with Gasteiger partial charge in [0.25, 0.3) is 0 Å². The van der Waals surface area contributed by atoms with Crippen molar-refractivity contribution in [2.75, 3.05) is 17.7 Å². The molecule has 1 heterocycles. The number of hydrogen-bond acceptors (Lipinski definition) is 5. The van der Waals surface area contributed by atoms with Crippen LogP contribution < -0.4 is 10.6 Å². The van der Waals surface area contributed by atoms with Crippen LogP contribution in [0.4, 0.5) is 11.1 Å². The minimum absolute atomic E-state index is 0.371. The van der Waals surface area contributed by atoms with Gasteiger partial charge in [-0.1, -0.05) is 13.3 Å². The largest absolute Gasteiger partial charge is 0.367 e. The Hall–Kier alpha value is -0.840. The molecule has 0 aliphatic heterocycles. The average Bonchev–Trinajstić information content (AvgIpc) is 2.51. The second-order valence-corrected chi connectivity index (χ2v) is 3.91. The zero-order chi connectivity index (χ0) is 9.84. The Labute approximate surface area is 82.9 Å². The van der Waals surface area contributed by atoms with Crippen LogP contribution in [-0.2, 0) is 0 Å². The molecule has 1 aromatic heterocycles. The van der Waals surface area contributed by atoms with E-state index in [4.69, 9.17) is 5.73 Å². The first kappa shape index (κ1) is 10.2. The highest BCUT2D eigenvalue weighted by Gasteiger charge is 2.12. The van der Waals surface area contributed by atoms with Crippen molar-refractivity contribution in [1.82, 2.24) is 9.36 Å². The molecule has 74 valence electrons. The van der Waals surface area contributed by atoms with Crippen molar-refractivity contribution < 1.29 is 0 Å². The van der Waals surface area contributed by atoms with Crippen LogP contribution >= 0.6 is 11.5 Å². The maximum absolute atomic E-state index is 5.45. The van der Waals surface area contributed by atoms with Gasteiger partial charge in [0.2, 0.25) is 11.1 Å². The molecule has 2 N–H and O–H groups in total. The molecule has 5 heteroatoms. The lowest BCUT2D eigenvalue weighted by Gasteiger charge is -2.22. The number of rotatable bonds is 4. The molecule has 0 aliphatic rings. The third kappa shape index (κ3) is 2.55. The summed E-state index contributed by atoms with van der Waals surface area (Å²) >= 11 is 1.35. The molecule has 1 rings (SSSR count). The Morgan fingerprint density at radius 2 is 2.31 bits per heavy atom. The Kier molecular flexibility index (Phi) is 3.48. The van der Waals surface area contributed by atoms with Crippen LogP contribution in [0.2, 0.25) is 0 Å². The van der Waals surface area contributed by atoms with Crippen molar-refractivity contribution in [1.29, 1.82) is 0 Å². The van der Waals surface area contributed by atoms with E-state index in [0.29, 0.717) is 12.0 Å². The highest BCUT2D eigenvalue weighted by molar-refractivity contribution is 7.09. The summed E-state index contributed by atoms with van der Waals surface area (Å²) in [6.07, 6.45) is 2.34. The third-order valence-electron chi connectivity index (χ3n) is 2.10. The Bertz CT molecular complexity index is 260. The fraction of sp³-hybridized carbons (Fsp3) is 0.750. The molecule has 1 atom stereocenters. The van der Waals surface area contributed by atoms with E-state index < -0.39 is 0 Å². The number of anilines is 2. The van der Waals surface area contributed by atoms with Gasteiger partial charge in [-0.3, -0.25) is 0 Å². The second-order valence-electron chi connectivity index (χ2n) is 3.18. The molecule has 1 unspecified atom stereocenters. The summed E-state index contributed by atoms with van der Waals surface area (Å²) in [6.45, 7) is 4.36. The highest BCUT2D eigenvalue weighted by Crippen LogP contribution is 2.20. The summed E-state index contributed by atoms with van der Waals surface area (Å²) in [5.74, 6) is 0.371. The van der Waals surface area contributed by atoms with Gasteiger partial charge < -0.3 is 10.6 Å². The second kappa shape index (κ2) is 4.41. The van der Waals surface area contributed by atoms with Crippen LogP contribution in [0.3, 0.4) is 0 Å². The van der Waals surface area contributed by atoms with Crippen LogP contribution in [-0.4, -0.2) is 22.4 Å². The molecule has 0 aromatic carbocycles. The molecular formula is C8H16N4S. The number of nitrogen functional groups attached to an aromatic ring is 1. The maximum Gasteiger partial charge on any atom is 0.233 e. The number of nitrogens with two attached hydrogens (primary N) is 1. The molecule has 1 aromatic rings. The summed E-state index contributed by atoms with van der Waals surface area (Å²) in [7, 11) is 2.03. The Morgan fingerprint density at radius 1 is 1.62 bits per heavy atom. The lowest BCUT2D eigenvalue weighted by Crippen LogP contribution is -2.28. The minimum atomic E-state index is 0.371. The smallest absolute Gasteiger partial charge is 0.233 e. The summed E-state index contributed by atoms with van der Waals surface area (Å²) in [6, 6.07) is 0.498. The SMILES string of the molecule is CCCC(C)N(C)c1nc(N)ns1. The Balaban J connectivity index is 2.61. The van der Waals surface area contributed by atoms with Gasteiger partial charge in [0.05, 0.1) is 0 Å². The first-order valence-electron chi connectivity index (χ1n) is 4.47. The number of hydrogen-bond donors (Lipinski definition) is 1. The van der Waals surface area contributed by atoms with Crippen LogP contribution in [0, 0.1) is 0 Å². The molecule has 0 fully saturated rings. The standard InChI is InChI=1S/C8H16N4S/c1-4-5-6(2)12(3)8-10-7(9)11-13-8/h6H,4-5H2,1-3H3,(H2,9,11). The van der Waals surface area contributed by atoms with Crippen molar-refractivity contribution >= 4 is 22.6 Å². The van der Waals surface area contributed by atoms with Gasteiger partial charge in [-0.25, -0.2) is 0 Å². The molecule has 4 nitrogen and oxygen atoms in total. The van der Waals surface area contributed by atoms with Gasteiger partial charge >= 0.3 is 0 Å². The maximum atomic E-state index is 5.45. The zero-order valence-electron chi connectivity index (χ0n) is 8.32. The topological polar surface area (TPSA) is 55.0 Å². The zero-order valence-corrected chi connectivity index (χ0v) is 9.14. The van der Waals surface area contributed by atoms with Crippen molar-refractivity contribution in [3.8, 4) is 0 Å². The van der Waals surface area contributed by atoms with Gasteiger partial charge in [-0.15, -0.1) is 0 Å². The highest BCUT2D eigenvalue weighted by atomic mass is 32.1. The monoisotopic (exact) mass is 200 g/mol. The van der Waals surface area contributed by atoms with Crippen molar-refractivity contribution in [2.24, 2.45) is 0 Å². The van der Waals surface area contributed by atoms with E-state index in [1.54, 1.807) is 0 Å². The van der Waals surface area contributed by atoms with Crippen LogP contribution in [0.15, 0.2) is 0 Å². The van der Waals surface area contributed by atoms with Gasteiger partial charge in [0.15, 0.2) is 0 Å². The van der Waals surface area contributed by atoms with Crippen molar-refractivity contribution in [2.45, 2.75) is 32.7 Å². The first-order valence-corrected chi connectivity index (χ1v) is 5.24. The van der Waals surface area contributed by atoms with Crippen LogP contribution in [0.5, 0.6) is 0 Å². The van der Waals surface area contributed by atoms with Crippen molar-refractivity contribution in [3.63, 3.8) is 0 Å². The third-order valence-corrected chi connectivity index (χ3v) is 2.92. The van der Waals surface area contributed by atoms with E-state index in [2.05, 4.69) is 28.1 Å². The molecule has 13 heavy (non-hydrogen) atoms. The van der Waals surface area contributed by atoms with Gasteiger partial charge in [0, 0.05) is 24.6 Å². The predicted molar refractivity (Wildman–Crippen MR) is 57.1 cm³/mol. The molecule has 0 bridgehead atoms. The lowest BCUT2D eigenvalue weighted by atomic mass is 10.2. The fourth-order valence-corrected chi connectivity index (χ4v) is 1.83. The molecule has 0 amide bonds. The number of nitrogens with zero attached hydrogens (tertiary/aromatic N) is 3. The quantitative estimate of drug-likeness (QED) is 0.804. The summed E-state index contributed by atoms with van der Waals surface area (Å²) in [5.41, 5.74) is 5.45. The fourth-order valence-electron chi connectivity index (χ4n) is 1.17. The molecule has 0 aliphatic carbocycles. The predicted octanol–water partition coefficient (Wildman–Crippen LogP) is 1.75. The van der Waals surface area contributed by atoms with Crippen molar-refractivity contribution in [3.05, 3.63) is 0 Å². The summed E-state index contributed by atoms with van der Waals surface area (Å²) in [4.78, 5) is 6.25. The van der Waals surface area contributed by atoms with E-state index >= 15 is 0 Å². The molecular weight excluding hydrogens is 184 g/mol. The van der Waals surface area contributed by atoms with Gasteiger partial charge in [-0.2, -0.15) is 9.36 Å². The van der Waals surface area contributed by atoms with E-state index in [1.165, 1.54) is 18.0 Å². The molecule has 0 saturated carbocycles. The van der Waals surface area contributed by atoms with E-state index in [9.17, 15) is 0 Å². The number of aromatic nitrogens is 2. The summed E-state index contributed by atoms with van der Waals surface area (Å²) < 4.78 is 3.95. The molecule has 0 saturated heterocycles. The summed E-state index contributed by atoms with van der Waals surface area (Å²) in [5, 5.41) is 0.901. The van der Waals surface area contributed by atoms with Gasteiger partial charge in [-0.05, 0) is 13.3 Å². The molecule has 0 radical (unpaired) electrons. The normalized spacial score (nSPS) is 12.8. The van der Waals surface area contributed by atoms with E-state index in [1.807, 2.05) is 7.05 Å². The first-order chi connectivity index (χ1) is 6.15.